The molecule has 0 bridgehead atoms. The van der Waals surface area contributed by atoms with Crippen molar-refractivity contribution in [3.63, 3.8) is 0 Å². The van der Waals surface area contributed by atoms with Gasteiger partial charge in [-0.2, -0.15) is 0 Å². The Morgan fingerprint density at radius 1 is 1.28 bits per heavy atom. The van der Waals surface area contributed by atoms with Gasteiger partial charge in [0.15, 0.2) is 0 Å². The van der Waals surface area contributed by atoms with Crippen molar-refractivity contribution < 1.29 is 0 Å². The van der Waals surface area contributed by atoms with Crippen molar-refractivity contribution in [1.29, 1.82) is 0 Å². The predicted molar refractivity (Wildman–Crippen MR) is 106 cm³/mol. The van der Waals surface area contributed by atoms with Crippen LogP contribution < -0.4 is 10.6 Å². The molecule has 3 heteroatoms. The number of rotatable bonds is 4. The highest BCUT2D eigenvalue weighted by molar-refractivity contribution is 5.63. The molecule has 2 N–H and O–H groups in total. The number of anilines is 1. The summed E-state index contributed by atoms with van der Waals surface area (Å²) in [6.45, 7) is 13.1. The van der Waals surface area contributed by atoms with Crippen LogP contribution >= 0.6 is 0 Å². The van der Waals surface area contributed by atoms with E-state index in [9.17, 15) is 0 Å². The molecule has 25 heavy (non-hydrogen) atoms. The maximum Gasteiger partial charge on any atom is 0.0430 e. The summed E-state index contributed by atoms with van der Waals surface area (Å²) < 4.78 is 0. The van der Waals surface area contributed by atoms with Crippen LogP contribution in [0.3, 0.4) is 0 Å². The summed E-state index contributed by atoms with van der Waals surface area (Å²) in [5.41, 5.74) is 14.4. The van der Waals surface area contributed by atoms with Crippen molar-refractivity contribution in [1.82, 2.24) is 4.98 Å². The van der Waals surface area contributed by atoms with E-state index in [1.54, 1.807) is 0 Å². The molecule has 1 aromatic heterocycles. The van der Waals surface area contributed by atoms with Crippen molar-refractivity contribution in [2.45, 2.75) is 65.5 Å². The van der Waals surface area contributed by atoms with Gasteiger partial charge < -0.3 is 10.6 Å². The number of aromatic nitrogens is 1. The molecule has 1 aliphatic rings. The largest absolute Gasteiger partial charge is 0.367 e. The molecule has 1 unspecified atom stereocenters. The minimum atomic E-state index is 0.0651. The average molecular weight is 338 g/mol. The third-order valence-electron chi connectivity index (χ3n) is 5.54. The molecular formula is C22H31N3. The molecule has 3 rings (SSSR count). The first-order valence-electron chi connectivity index (χ1n) is 9.41. The molecule has 1 atom stereocenters. The lowest BCUT2D eigenvalue weighted by molar-refractivity contribution is 0.451. The Morgan fingerprint density at radius 2 is 2.04 bits per heavy atom. The van der Waals surface area contributed by atoms with E-state index in [-0.39, 0.29) is 11.5 Å². The fourth-order valence-electron chi connectivity index (χ4n) is 3.94. The molecule has 0 aliphatic carbocycles. The summed E-state index contributed by atoms with van der Waals surface area (Å²) in [6, 6.07) is 9.15. The van der Waals surface area contributed by atoms with Crippen LogP contribution in [-0.2, 0) is 18.4 Å². The number of benzene rings is 1. The van der Waals surface area contributed by atoms with Crippen LogP contribution in [0.4, 0.5) is 5.69 Å². The van der Waals surface area contributed by atoms with Gasteiger partial charge >= 0.3 is 0 Å². The zero-order valence-electron chi connectivity index (χ0n) is 16.3. The van der Waals surface area contributed by atoms with E-state index in [1.165, 1.54) is 34.4 Å². The van der Waals surface area contributed by atoms with E-state index in [4.69, 9.17) is 5.73 Å². The van der Waals surface area contributed by atoms with Gasteiger partial charge in [0.2, 0.25) is 0 Å². The van der Waals surface area contributed by atoms with Gasteiger partial charge in [0.1, 0.15) is 0 Å². The molecule has 0 saturated carbocycles. The highest BCUT2D eigenvalue weighted by Gasteiger charge is 2.32. The molecule has 1 aromatic carbocycles. The minimum Gasteiger partial charge on any atom is -0.367 e. The van der Waals surface area contributed by atoms with E-state index in [0.29, 0.717) is 0 Å². The van der Waals surface area contributed by atoms with Gasteiger partial charge in [0, 0.05) is 36.7 Å². The summed E-state index contributed by atoms with van der Waals surface area (Å²) in [5, 5.41) is 0. The lowest BCUT2D eigenvalue weighted by Gasteiger charge is -2.41. The second kappa shape index (κ2) is 6.80. The number of nitrogens with two attached hydrogens (primary N) is 1. The normalized spacial score (nSPS) is 17.3. The second-order valence-electron chi connectivity index (χ2n) is 8.07. The van der Waals surface area contributed by atoms with E-state index in [2.05, 4.69) is 68.8 Å². The quantitative estimate of drug-likeness (QED) is 0.882. The van der Waals surface area contributed by atoms with Crippen LogP contribution in [0.2, 0.25) is 0 Å². The topological polar surface area (TPSA) is 42.1 Å². The van der Waals surface area contributed by atoms with Crippen LogP contribution in [0.25, 0.3) is 0 Å². The first-order valence-corrected chi connectivity index (χ1v) is 9.41. The third-order valence-corrected chi connectivity index (χ3v) is 5.54. The number of fused-ring (bicyclic) bond motifs is 1. The Labute approximate surface area is 152 Å². The maximum atomic E-state index is 6.28. The van der Waals surface area contributed by atoms with Crippen LogP contribution in [-0.4, -0.2) is 11.5 Å². The van der Waals surface area contributed by atoms with Crippen molar-refractivity contribution in [3.05, 3.63) is 58.4 Å². The Bertz CT molecular complexity index is 762. The fraction of sp³-hybridized carbons (Fsp3) is 0.500. The number of hydrogen-bond donors (Lipinski definition) is 1. The van der Waals surface area contributed by atoms with Gasteiger partial charge in [-0.05, 0) is 72.6 Å². The molecule has 134 valence electrons. The smallest absolute Gasteiger partial charge is 0.0430 e. The Hall–Kier alpha value is -1.87. The van der Waals surface area contributed by atoms with Gasteiger partial charge in [0.05, 0.1) is 0 Å². The average Bonchev–Trinajstić information content (AvgIpc) is 2.56. The lowest BCUT2D eigenvalue weighted by atomic mass is 9.75. The lowest BCUT2D eigenvalue weighted by Crippen LogP contribution is -2.37. The third kappa shape index (κ3) is 3.57. The summed E-state index contributed by atoms with van der Waals surface area (Å²) in [4.78, 5) is 6.84. The SMILES string of the molecule is CCc1cc2c(cc1C(C)N)N(Cc1ccnc(C)c1)CCC2(C)C. The number of pyridine rings is 1. The van der Waals surface area contributed by atoms with E-state index < -0.39 is 0 Å². The van der Waals surface area contributed by atoms with Crippen LogP contribution in [0, 0.1) is 6.92 Å². The standard InChI is InChI=1S/C22H31N3/c1-6-18-12-20-21(13-19(18)16(3)23)25(10-8-22(20,4)5)14-17-7-9-24-15(2)11-17/h7,9,11-13,16H,6,8,10,14,23H2,1-5H3. The van der Waals surface area contributed by atoms with E-state index in [0.717, 1.165) is 25.2 Å². The van der Waals surface area contributed by atoms with Crippen molar-refractivity contribution in [2.75, 3.05) is 11.4 Å². The summed E-state index contributed by atoms with van der Waals surface area (Å²) in [5.74, 6) is 0. The molecule has 1 aliphatic heterocycles. The number of nitrogens with zero attached hydrogens (tertiary/aromatic N) is 2. The predicted octanol–water partition coefficient (Wildman–Crippen LogP) is 4.66. The van der Waals surface area contributed by atoms with Gasteiger partial charge in [0.25, 0.3) is 0 Å². The van der Waals surface area contributed by atoms with Crippen LogP contribution in [0.15, 0.2) is 30.5 Å². The molecule has 2 aromatic rings. The monoisotopic (exact) mass is 337 g/mol. The van der Waals surface area contributed by atoms with Gasteiger partial charge in [-0.1, -0.05) is 26.8 Å². The van der Waals surface area contributed by atoms with Crippen LogP contribution in [0.1, 0.15) is 68.1 Å². The summed E-state index contributed by atoms with van der Waals surface area (Å²) >= 11 is 0. The molecule has 0 radical (unpaired) electrons. The highest BCUT2D eigenvalue weighted by Crippen LogP contribution is 2.42. The number of hydrogen-bond acceptors (Lipinski definition) is 3. The van der Waals surface area contributed by atoms with Crippen LogP contribution in [0.5, 0.6) is 0 Å². The van der Waals surface area contributed by atoms with Gasteiger partial charge in [-0.3, -0.25) is 4.98 Å². The zero-order chi connectivity index (χ0) is 18.2. The molecule has 0 saturated heterocycles. The van der Waals surface area contributed by atoms with Crippen molar-refractivity contribution in [2.24, 2.45) is 5.73 Å². The fourth-order valence-corrected chi connectivity index (χ4v) is 3.94. The van der Waals surface area contributed by atoms with Crippen molar-refractivity contribution in [3.8, 4) is 0 Å². The zero-order valence-corrected chi connectivity index (χ0v) is 16.3. The summed E-state index contributed by atoms with van der Waals surface area (Å²) in [7, 11) is 0. The number of aryl methyl sites for hydroxylation is 2. The highest BCUT2D eigenvalue weighted by atomic mass is 15.1. The molecule has 0 fully saturated rings. The van der Waals surface area contributed by atoms with Gasteiger partial charge in [-0.25, -0.2) is 0 Å². The Kier molecular flexibility index (Phi) is 4.88. The first kappa shape index (κ1) is 17.9. The van der Waals surface area contributed by atoms with Gasteiger partial charge in [-0.15, -0.1) is 0 Å². The molecule has 0 spiro atoms. The second-order valence-corrected chi connectivity index (χ2v) is 8.07. The first-order chi connectivity index (χ1) is 11.8. The molecule has 3 nitrogen and oxygen atoms in total. The molecule has 2 heterocycles. The molecule has 0 amide bonds. The van der Waals surface area contributed by atoms with E-state index in [1.807, 2.05) is 6.20 Å². The Morgan fingerprint density at radius 3 is 2.68 bits per heavy atom. The summed E-state index contributed by atoms with van der Waals surface area (Å²) in [6.07, 6.45) is 4.11. The maximum absolute atomic E-state index is 6.28. The Balaban J connectivity index is 2.06. The van der Waals surface area contributed by atoms with Crippen molar-refractivity contribution >= 4 is 5.69 Å². The van der Waals surface area contributed by atoms with E-state index >= 15 is 0 Å². The minimum absolute atomic E-state index is 0.0651. The molecular weight excluding hydrogens is 306 g/mol.